The Balaban J connectivity index is 2.64. The molecule has 0 aliphatic heterocycles. The zero-order valence-corrected chi connectivity index (χ0v) is 9.18. The second kappa shape index (κ2) is 3.90. The van der Waals surface area contributed by atoms with Gasteiger partial charge in [0, 0.05) is 17.2 Å². The molecule has 0 heterocycles. The number of aromatic hydroxyl groups is 4. The second-order valence-corrected chi connectivity index (χ2v) is 3.86. The van der Waals surface area contributed by atoms with E-state index < -0.39 is 0 Å². The molecule has 0 spiro atoms. The van der Waals surface area contributed by atoms with Gasteiger partial charge in [-0.15, -0.1) is 0 Å². The lowest BCUT2D eigenvalue weighted by Crippen LogP contribution is -1.83. The van der Waals surface area contributed by atoms with Crippen LogP contribution in [0.1, 0.15) is 5.56 Å². The molecule has 4 heteroatoms. The molecule has 0 aliphatic rings. The van der Waals surface area contributed by atoms with Gasteiger partial charge in [0.2, 0.25) is 0 Å². The first-order valence-electron chi connectivity index (χ1n) is 5.04. The maximum Gasteiger partial charge on any atom is 0.127 e. The molecule has 0 amide bonds. The monoisotopic (exact) mass is 232 g/mol. The number of hydrogen-bond acceptors (Lipinski definition) is 4. The van der Waals surface area contributed by atoms with Crippen LogP contribution >= 0.6 is 0 Å². The van der Waals surface area contributed by atoms with Gasteiger partial charge in [0.15, 0.2) is 0 Å². The summed E-state index contributed by atoms with van der Waals surface area (Å²) in [6.45, 7) is 1.66. The van der Waals surface area contributed by atoms with Gasteiger partial charge in [-0.1, -0.05) is 0 Å². The molecule has 4 N–H and O–H groups in total. The SMILES string of the molecule is Cc1cc(O)c(-c2ccc(O)cc2O)cc1O. The lowest BCUT2D eigenvalue weighted by molar-refractivity contribution is 0.448. The molecule has 0 bridgehead atoms. The van der Waals surface area contributed by atoms with Crippen LogP contribution in [0.25, 0.3) is 11.1 Å². The molecule has 0 aromatic heterocycles. The van der Waals surface area contributed by atoms with E-state index in [1.807, 2.05) is 0 Å². The van der Waals surface area contributed by atoms with Crippen molar-refractivity contribution in [2.24, 2.45) is 0 Å². The third-order valence-corrected chi connectivity index (χ3v) is 2.59. The van der Waals surface area contributed by atoms with Crippen molar-refractivity contribution in [1.29, 1.82) is 0 Å². The number of aryl methyl sites for hydroxylation is 1. The molecule has 4 nitrogen and oxygen atoms in total. The topological polar surface area (TPSA) is 80.9 Å². The summed E-state index contributed by atoms with van der Waals surface area (Å²) in [5.74, 6) is -0.239. The Morgan fingerprint density at radius 2 is 1.35 bits per heavy atom. The quantitative estimate of drug-likeness (QED) is 0.569. The summed E-state index contributed by atoms with van der Waals surface area (Å²) in [5.41, 5.74) is 1.20. The van der Waals surface area contributed by atoms with E-state index in [-0.39, 0.29) is 23.0 Å². The van der Waals surface area contributed by atoms with Crippen LogP contribution in [0.5, 0.6) is 23.0 Å². The fourth-order valence-corrected chi connectivity index (χ4v) is 1.64. The predicted molar refractivity (Wildman–Crippen MR) is 63.3 cm³/mol. The summed E-state index contributed by atoms with van der Waals surface area (Å²) in [6, 6.07) is 6.82. The van der Waals surface area contributed by atoms with Crippen molar-refractivity contribution >= 4 is 0 Å². The van der Waals surface area contributed by atoms with E-state index in [0.29, 0.717) is 16.7 Å². The van der Waals surface area contributed by atoms with E-state index >= 15 is 0 Å². The molecule has 0 fully saturated rings. The normalized spacial score (nSPS) is 10.4. The summed E-state index contributed by atoms with van der Waals surface area (Å²) in [4.78, 5) is 0. The maximum atomic E-state index is 9.78. The van der Waals surface area contributed by atoms with Gasteiger partial charge in [0.05, 0.1) is 0 Å². The first-order valence-corrected chi connectivity index (χ1v) is 5.04. The minimum atomic E-state index is -0.163. The fourth-order valence-electron chi connectivity index (χ4n) is 1.64. The highest BCUT2D eigenvalue weighted by Crippen LogP contribution is 2.39. The number of phenolic OH excluding ortho intramolecular Hbond substituents is 4. The van der Waals surface area contributed by atoms with Crippen LogP contribution in [-0.2, 0) is 0 Å². The predicted octanol–water partition coefficient (Wildman–Crippen LogP) is 2.48. The Morgan fingerprint density at radius 1 is 0.706 bits per heavy atom. The van der Waals surface area contributed by atoms with Gasteiger partial charge in [-0.2, -0.15) is 0 Å². The minimum absolute atomic E-state index is 0.0327. The van der Waals surface area contributed by atoms with Gasteiger partial charge in [0.1, 0.15) is 23.0 Å². The summed E-state index contributed by atoms with van der Waals surface area (Å²) >= 11 is 0. The molecule has 17 heavy (non-hydrogen) atoms. The highest BCUT2D eigenvalue weighted by molar-refractivity contribution is 5.77. The molecule has 0 radical (unpaired) electrons. The number of benzene rings is 2. The molecule has 0 atom stereocenters. The van der Waals surface area contributed by atoms with E-state index in [9.17, 15) is 20.4 Å². The first-order chi connectivity index (χ1) is 7.99. The smallest absolute Gasteiger partial charge is 0.127 e. The zero-order valence-electron chi connectivity index (χ0n) is 9.18. The largest absolute Gasteiger partial charge is 0.508 e. The number of hydrogen-bond donors (Lipinski definition) is 4. The van der Waals surface area contributed by atoms with Crippen LogP contribution in [0.3, 0.4) is 0 Å². The molecule has 88 valence electrons. The average molecular weight is 232 g/mol. The van der Waals surface area contributed by atoms with E-state index in [2.05, 4.69) is 0 Å². The van der Waals surface area contributed by atoms with Gasteiger partial charge >= 0.3 is 0 Å². The van der Waals surface area contributed by atoms with Crippen LogP contribution in [-0.4, -0.2) is 20.4 Å². The van der Waals surface area contributed by atoms with Crippen molar-refractivity contribution in [3.63, 3.8) is 0 Å². The van der Waals surface area contributed by atoms with Crippen LogP contribution in [0.15, 0.2) is 30.3 Å². The van der Waals surface area contributed by atoms with Crippen molar-refractivity contribution in [2.75, 3.05) is 0 Å². The molecule has 2 aromatic rings. The van der Waals surface area contributed by atoms with E-state index in [1.54, 1.807) is 6.92 Å². The Kier molecular flexibility index (Phi) is 2.55. The molecule has 0 saturated carbocycles. The molecule has 0 unspecified atom stereocenters. The Labute approximate surface area is 98.0 Å². The molecular formula is C13H12O4. The summed E-state index contributed by atoms with van der Waals surface area (Å²) in [5, 5.41) is 38.2. The highest BCUT2D eigenvalue weighted by atomic mass is 16.3. The van der Waals surface area contributed by atoms with Gasteiger partial charge in [-0.3, -0.25) is 0 Å². The van der Waals surface area contributed by atoms with Gasteiger partial charge < -0.3 is 20.4 Å². The van der Waals surface area contributed by atoms with Crippen LogP contribution in [0, 0.1) is 6.92 Å². The molecule has 0 aliphatic carbocycles. The molecule has 2 rings (SSSR count). The summed E-state index contributed by atoms with van der Waals surface area (Å²) in [6.07, 6.45) is 0. The van der Waals surface area contributed by atoms with Crippen molar-refractivity contribution in [2.45, 2.75) is 6.92 Å². The standard InChI is InChI=1S/C13H12O4/c1-7-4-12(16)10(6-11(7)15)9-3-2-8(14)5-13(9)17/h2-6,14-17H,1H3. The van der Waals surface area contributed by atoms with Crippen LogP contribution in [0.4, 0.5) is 0 Å². The lowest BCUT2D eigenvalue weighted by Gasteiger charge is -2.09. The Hall–Kier alpha value is -2.36. The highest BCUT2D eigenvalue weighted by Gasteiger charge is 2.12. The fraction of sp³-hybridized carbons (Fsp3) is 0.0769. The van der Waals surface area contributed by atoms with E-state index in [0.717, 1.165) is 0 Å². The molecule has 0 saturated heterocycles. The van der Waals surface area contributed by atoms with Crippen molar-refractivity contribution in [1.82, 2.24) is 0 Å². The summed E-state index contributed by atoms with van der Waals surface area (Å²) in [7, 11) is 0. The van der Waals surface area contributed by atoms with E-state index in [4.69, 9.17) is 0 Å². The van der Waals surface area contributed by atoms with Gasteiger partial charge in [0.25, 0.3) is 0 Å². The van der Waals surface area contributed by atoms with Crippen molar-refractivity contribution in [3.8, 4) is 34.1 Å². The zero-order chi connectivity index (χ0) is 12.6. The first kappa shape index (κ1) is 11.1. The van der Waals surface area contributed by atoms with Gasteiger partial charge in [-0.05, 0) is 36.8 Å². The lowest BCUT2D eigenvalue weighted by atomic mass is 10.0. The second-order valence-electron chi connectivity index (χ2n) is 3.86. The Morgan fingerprint density at radius 3 is 2.00 bits per heavy atom. The number of rotatable bonds is 1. The third kappa shape index (κ3) is 1.97. The average Bonchev–Trinajstić information content (AvgIpc) is 2.24. The maximum absolute atomic E-state index is 9.78. The van der Waals surface area contributed by atoms with E-state index in [1.165, 1.54) is 30.3 Å². The van der Waals surface area contributed by atoms with Crippen LogP contribution < -0.4 is 0 Å². The minimum Gasteiger partial charge on any atom is -0.508 e. The molecule has 2 aromatic carbocycles. The number of phenols is 4. The van der Waals surface area contributed by atoms with Crippen molar-refractivity contribution in [3.05, 3.63) is 35.9 Å². The van der Waals surface area contributed by atoms with Crippen molar-refractivity contribution < 1.29 is 20.4 Å². The molecular weight excluding hydrogens is 220 g/mol. The van der Waals surface area contributed by atoms with Crippen LogP contribution in [0.2, 0.25) is 0 Å². The summed E-state index contributed by atoms with van der Waals surface area (Å²) < 4.78 is 0. The Bertz CT molecular complexity index is 576. The van der Waals surface area contributed by atoms with Gasteiger partial charge in [-0.25, -0.2) is 0 Å². The third-order valence-electron chi connectivity index (χ3n) is 2.59.